The van der Waals surface area contributed by atoms with Crippen LogP contribution in [0.25, 0.3) is 0 Å². The molecule has 5 heteroatoms. The van der Waals surface area contributed by atoms with Crippen LogP contribution in [0.2, 0.25) is 0 Å². The molecule has 1 unspecified atom stereocenters. The van der Waals surface area contributed by atoms with Crippen molar-refractivity contribution in [1.82, 2.24) is 0 Å². The molecule has 0 radical (unpaired) electrons. The third-order valence-electron chi connectivity index (χ3n) is 3.68. The fourth-order valence-electron chi connectivity index (χ4n) is 2.54. The Hall–Kier alpha value is -1.85. The molecule has 22 heavy (non-hydrogen) atoms. The molecule has 0 spiro atoms. The Morgan fingerprint density at radius 2 is 1.95 bits per heavy atom. The summed E-state index contributed by atoms with van der Waals surface area (Å²) in [5, 5.41) is 0. The minimum absolute atomic E-state index is 0.412. The molecule has 0 aliphatic carbocycles. The van der Waals surface area contributed by atoms with Gasteiger partial charge in [-0.25, -0.2) is 0 Å². The Bertz CT molecular complexity index is 688. The number of hydrogen-bond donors (Lipinski definition) is 0. The molecule has 1 aromatic rings. The zero-order chi connectivity index (χ0) is 15.6. The highest BCUT2D eigenvalue weighted by Crippen LogP contribution is 2.40. The number of hydrogen-bond acceptors (Lipinski definition) is 4. The number of fused-ring (bicyclic) bond motifs is 1. The van der Waals surface area contributed by atoms with Crippen molar-refractivity contribution in [3.05, 3.63) is 70.2 Å². The van der Waals surface area contributed by atoms with Crippen molar-refractivity contribution in [1.29, 1.82) is 0 Å². The molecule has 0 bridgehead atoms. The highest BCUT2D eigenvalue weighted by Gasteiger charge is 2.43. The molecular weight excluding hydrogens is 346 g/mol. The molecular formula is C17H16BrNO3. The number of rotatable bonds is 3. The van der Waals surface area contributed by atoms with Gasteiger partial charge in [0.1, 0.15) is 0 Å². The van der Waals surface area contributed by atoms with Crippen LogP contribution in [-0.2, 0) is 20.0 Å². The van der Waals surface area contributed by atoms with Crippen molar-refractivity contribution in [3.63, 3.8) is 0 Å². The number of halogens is 1. The van der Waals surface area contributed by atoms with E-state index in [1.54, 1.807) is 20.4 Å². The molecule has 0 saturated carbocycles. The van der Waals surface area contributed by atoms with Gasteiger partial charge >= 0.3 is 0 Å². The van der Waals surface area contributed by atoms with Crippen LogP contribution in [0.1, 0.15) is 12.0 Å². The second-order valence-corrected chi connectivity index (χ2v) is 5.84. The molecule has 114 valence electrons. The summed E-state index contributed by atoms with van der Waals surface area (Å²) in [6.07, 6.45) is 7.98. The first-order valence-corrected chi connectivity index (χ1v) is 7.66. The van der Waals surface area contributed by atoms with Gasteiger partial charge in [-0.2, -0.15) is 0 Å². The van der Waals surface area contributed by atoms with E-state index in [-0.39, 0.29) is 0 Å². The SMILES string of the molecule is COC1=C2C=CC=CN=C2CC(OC)(c2ccc(Br)cc2)O1. The van der Waals surface area contributed by atoms with Crippen LogP contribution in [0, 0.1) is 0 Å². The second-order valence-electron chi connectivity index (χ2n) is 4.92. The van der Waals surface area contributed by atoms with Gasteiger partial charge in [0.05, 0.1) is 24.8 Å². The lowest BCUT2D eigenvalue weighted by Crippen LogP contribution is -2.39. The Morgan fingerprint density at radius 3 is 2.64 bits per heavy atom. The highest BCUT2D eigenvalue weighted by molar-refractivity contribution is 9.10. The molecule has 2 aliphatic heterocycles. The van der Waals surface area contributed by atoms with Gasteiger partial charge in [-0.05, 0) is 24.3 Å². The smallest absolute Gasteiger partial charge is 0.291 e. The topological polar surface area (TPSA) is 40.0 Å². The van der Waals surface area contributed by atoms with Crippen LogP contribution >= 0.6 is 15.9 Å². The first-order valence-electron chi connectivity index (χ1n) is 6.87. The minimum Gasteiger partial charge on any atom is -0.468 e. The van der Waals surface area contributed by atoms with Crippen molar-refractivity contribution >= 4 is 21.6 Å². The maximum Gasteiger partial charge on any atom is 0.291 e. The Morgan fingerprint density at radius 1 is 1.18 bits per heavy atom. The lowest BCUT2D eigenvalue weighted by molar-refractivity contribution is -0.230. The third-order valence-corrected chi connectivity index (χ3v) is 4.21. The van der Waals surface area contributed by atoms with E-state index in [4.69, 9.17) is 14.2 Å². The lowest BCUT2D eigenvalue weighted by Gasteiger charge is -2.37. The van der Waals surface area contributed by atoms with Crippen LogP contribution in [0.3, 0.4) is 0 Å². The van der Waals surface area contributed by atoms with E-state index in [2.05, 4.69) is 20.9 Å². The van der Waals surface area contributed by atoms with Gasteiger partial charge in [-0.1, -0.05) is 34.1 Å². The molecule has 0 saturated heterocycles. The van der Waals surface area contributed by atoms with Gasteiger partial charge in [0.15, 0.2) is 0 Å². The van der Waals surface area contributed by atoms with Crippen molar-refractivity contribution < 1.29 is 14.2 Å². The van der Waals surface area contributed by atoms with Crippen LogP contribution < -0.4 is 0 Å². The van der Waals surface area contributed by atoms with Crippen LogP contribution in [-0.4, -0.2) is 19.9 Å². The van der Waals surface area contributed by atoms with E-state index in [0.29, 0.717) is 12.4 Å². The van der Waals surface area contributed by atoms with Crippen LogP contribution in [0.15, 0.2) is 69.7 Å². The largest absolute Gasteiger partial charge is 0.468 e. The predicted octanol–water partition coefficient (Wildman–Crippen LogP) is 4.05. The summed E-state index contributed by atoms with van der Waals surface area (Å²) >= 11 is 3.44. The van der Waals surface area contributed by atoms with Gasteiger partial charge in [-0.15, -0.1) is 0 Å². The van der Waals surface area contributed by atoms with Crippen molar-refractivity contribution in [2.75, 3.05) is 14.2 Å². The zero-order valence-electron chi connectivity index (χ0n) is 12.4. The number of aliphatic imine (C=N–C) groups is 1. The first-order chi connectivity index (χ1) is 10.7. The van der Waals surface area contributed by atoms with E-state index < -0.39 is 5.79 Å². The summed E-state index contributed by atoms with van der Waals surface area (Å²) in [4.78, 5) is 4.50. The molecule has 0 N–H and O–H groups in total. The van der Waals surface area contributed by atoms with Gasteiger partial charge < -0.3 is 14.2 Å². The summed E-state index contributed by atoms with van der Waals surface area (Å²) in [5.41, 5.74) is 2.63. The monoisotopic (exact) mass is 361 g/mol. The molecule has 3 rings (SSSR count). The van der Waals surface area contributed by atoms with Crippen molar-refractivity contribution in [2.24, 2.45) is 4.99 Å². The predicted molar refractivity (Wildman–Crippen MR) is 88.3 cm³/mol. The van der Waals surface area contributed by atoms with Crippen molar-refractivity contribution in [3.8, 4) is 0 Å². The summed E-state index contributed by atoms with van der Waals surface area (Å²) in [5.74, 6) is -0.532. The Labute approximate surface area is 137 Å². The van der Waals surface area contributed by atoms with E-state index in [9.17, 15) is 0 Å². The zero-order valence-corrected chi connectivity index (χ0v) is 14.0. The normalized spacial score (nSPS) is 23.5. The number of nitrogens with zero attached hydrogens (tertiary/aromatic N) is 1. The van der Waals surface area contributed by atoms with E-state index in [1.165, 1.54) is 0 Å². The first kappa shape index (κ1) is 15.1. The quantitative estimate of drug-likeness (QED) is 0.815. The Balaban J connectivity index is 2.10. The lowest BCUT2D eigenvalue weighted by atomic mass is 9.93. The van der Waals surface area contributed by atoms with Crippen LogP contribution in [0.4, 0.5) is 0 Å². The summed E-state index contributed by atoms with van der Waals surface area (Å²) < 4.78 is 18.3. The van der Waals surface area contributed by atoms with E-state index >= 15 is 0 Å². The average molecular weight is 362 g/mol. The average Bonchev–Trinajstić information content (AvgIpc) is 2.79. The molecule has 0 aromatic heterocycles. The molecule has 2 aliphatic rings. The molecule has 2 heterocycles. The fourth-order valence-corrected chi connectivity index (χ4v) is 2.80. The standard InChI is InChI=1S/C17H16BrNO3/c1-20-16-14-5-3-4-10-19-15(14)11-17(21-2,22-16)12-6-8-13(18)9-7-12/h3-10H,11H2,1-2H3. The van der Waals surface area contributed by atoms with Gasteiger partial charge in [0.2, 0.25) is 5.79 Å². The highest BCUT2D eigenvalue weighted by atomic mass is 79.9. The molecule has 0 amide bonds. The van der Waals surface area contributed by atoms with Crippen molar-refractivity contribution in [2.45, 2.75) is 12.2 Å². The van der Waals surface area contributed by atoms with Gasteiger partial charge in [0.25, 0.3) is 5.95 Å². The molecule has 4 nitrogen and oxygen atoms in total. The summed E-state index contributed by atoms with van der Waals surface area (Å²) in [6, 6.07) is 7.85. The molecule has 1 aromatic carbocycles. The molecule has 1 atom stereocenters. The fraction of sp³-hybridized carbons (Fsp3) is 0.235. The van der Waals surface area contributed by atoms with Gasteiger partial charge in [-0.3, -0.25) is 4.99 Å². The number of ether oxygens (including phenoxy) is 3. The Kier molecular flexibility index (Phi) is 4.18. The van der Waals surface area contributed by atoms with E-state index in [1.807, 2.05) is 42.5 Å². The number of benzene rings is 1. The summed E-state index contributed by atoms with van der Waals surface area (Å²) in [7, 11) is 3.21. The maximum atomic E-state index is 6.08. The number of methoxy groups -OCH3 is 2. The summed E-state index contributed by atoms with van der Waals surface area (Å²) in [6.45, 7) is 0. The van der Waals surface area contributed by atoms with Gasteiger partial charge in [0, 0.05) is 23.3 Å². The maximum absolute atomic E-state index is 6.08. The number of allylic oxidation sites excluding steroid dienone is 4. The third kappa shape index (κ3) is 2.62. The van der Waals surface area contributed by atoms with E-state index in [0.717, 1.165) is 21.3 Å². The second kappa shape index (κ2) is 6.10. The van der Waals surface area contributed by atoms with Crippen LogP contribution in [0.5, 0.6) is 0 Å². The minimum atomic E-state index is -0.944. The molecule has 0 fully saturated rings.